The van der Waals surface area contributed by atoms with Crippen LogP contribution in [0, 0.1) is 0 Å². The zero-order valence-electron chi connectivity index (χ0n) is 11.2. The Kier molecular flexibility index (Phi) is 3.20. The monoisotopic (exact) mass is 328 g/mol. The number of benzene rings is 2. The molecule has 22 heavy (non-hydrogen) atoms. The summed E-state index contributed by atoms with van der Waals surface area (Å²) in [6.07, 6.45) is 0. The Balaban J connectivity index is 1.63. The van der Waals surface area contributed by atoms with Crippen molar-refractivity contribution in [3.63, 3.8) is 0 Å². The van der Waals surface area contributed by atoms with Gasteiger partial charge < -0.3 is 0 Å². The Bertz CT molecular complexity index is 904. The molecule has 1 aliphatic heterocycles. The summed E-state index contributed by atoms with van der Waals surface area (Å²) < 4.78 is 1.60. The summed E-state index contributed by atoms with van der Waals surface area (Å²) >= 11 is 7.13. The zero-order valence-corrected chi connectivity index (χ0v) is 12.8. The second-order valence-electron chi connectivity index (χ2n) is 4.72. The summed E-state index contributed by atoms with van der Waals surface area (Å²) in [5, 5.41) is 8.94. The van der Waals surface area contributed by atoms with E-state index in [1.807, 2.05) is 24.3 Å². The fourth-order valence-corrected chi connectivity index (χ4v) is 3.33. The van der Waals surface area contributed by atoms with E-state index in [1.54, 1.807) is 28.8 Å². The minimum Gasteiger partial charge on any atom is -0.270 e. The zero-order chi connectivity index (χ0) is 15.1. The van der Waals surface area contributed by atoms with Crippen LogP contribution < -0.4 is 0 Å². The Morgan fingerprint density at radius 2 is 1.91 bits per heavy atom. The number of carbonyl (C=O) groups is 1. The molecule has 2 heterocycles. The number of imidazole rings is 1. The lowest BCUT2D eigenvalue weighted by Gasteiger charge is -2.00. The van der Waals surface area contributed by atoms with E-state index >= 15 is 0 Å². The van der Waals surface area contributed by atoms with E-state index in [9.17, 15) is 4.79 Å². The molecule has 7 heteroatoms. The molecule has 4 rings (SSSR count). The Morgan fingerprint density at radius 3 is 2.73 bits per heavy atom. The highest BCUT2D eigenvalue weighted by Crippen LogP contribution is 2.36. The normalized spacial score (nSPS) is 17.5. The standard InChI is InChI=1S/C15H9ClN4OS/c16-9-5-7-10(8-6-9)18-19-13-14(21)20-12-4-2-1-3-11(12)17-15(20)22-13/h1-8,13H/t13-/m1/s1. The Hall–Kier alpha value is -2.18. The molecule has 5 nitrogen and oxygen atoms in total. The lowest BCUT2D eigenvalue weighted by Crippen LogP contribution is -2.14. The first-order valence-electron chi connectivity index (χ1n) is 6.57. The van der Waals surface area contributed by atoms with Gasteiger partial charge in [-0.1, -0.05) is 23.7 Å². The number of fused-ring (bicyclic) bond motifs is 3. The lowest BCUT2D eigenvalue weighted by molar-refractivity contribution is 0.0915. The molecule has 0 fully saturated rings. The third-order valence-electron chi connectivity index (χ3n) is 3.28. The number of azo groups is 1. The molecular weight excluding hydrogens is 320 g/mol. The summed E-state index contributed by atoms with van der Waals surface area (Å²) in [6.45, 7) is 0. The van der Waals surface area contributed by atoms with Gasteiger partial charge in [0.05, 0.1) is 16.7 Å². The third kappa shape index (κ3) is 2.20. The van der Waals surface area contributed by atoms with Crippen molar-refractivity contribution in [2.24, 2.45) is 10.2 Å². The molecule has 0 N–H and O–H groups in total. The number of thioether (sulfide) groups is 1. The average molecular weight is 329 g/mol. The van der Waals surface area contributed by atoms with Crippen LogP contribution in [0.15, 0.2) is 63.9 Å². The van der Waals surface area contributed by atoms with Crippen LogP contribution in [0.4, 0.5) is 5.69 Å². The van der Waals surface area contributed by atoms with Crippen molar-refractivity contribution in [1.82, 2.24) is 9.55 Å². The molecule has 108 valence electrons. The smallest absolute Gasteiger partial charge is 0.270 e. The molecule has 2 aromatic carbocycles. The molecule has 0 saturated heterocycles. The summed E-state index contributed by atoms with van der Waals surface area (Å²) in [4.78, 5) is 16.9. The molecule has 0 radical (unpaired) electrons. The van der Waals surface area contributed by atoms with E-state index in [0.29, 0.717) is 15.9 Å². The fraction of sp³-hybridized carbons (Fsp3) is 0.0667. The molecule has 0 spiro atoms. The van der Waals surface area contributed by atoms with Crippen molar-refractivity contribution in [1.29, 1.82) is 0 Å². The number of halogens is 1. The van der Waals surface area contributed by atoms with Crippen LogP contribution in [0.1, 0.15) is 4.79 Å². The van der Waals surface area contributed by atoms with E-state index in [-0.39, 0.29) is 5.91 Å². The van der Waals surface area contributed by atoms with Gasteiger partial charge in [-0.2, -0.15) is 10.2 Å². The molecule has 1 atom stereocenters. The quantitative estimate of drug-likeness (QED) is 0.648. The largest absolute Gasteiger partial charge is 0.270 e. The summed E-state index contributed by atoms with van der Waals surface area (Å²) in [5.41, 5.74) is 2.28. The van der Waals surface area contributed by atoms with Crippen LogP contribution >= 0.6 is 23.4 Å². The van der Waals surface area contributed by atoms with E-state index in [1.165, 1.54) is 11.8 Å². The number of aromatic nitrogens is 2. The lowest BCUT2D eigenvalue weighted by atomic mass is 10.3. The van der Waals surface area contributed by atoms with Crippen LogP contribution in [0.25, 0.3) is 11.0 Å². The maximum Gasteiger partial charge on any atom is 0.270 e. The van der Waals surface area contributed by atoms with Crippen molar-refractivity contribution in [2.45, 2.75) is 10.5 Å². The van der Waals surface area contributed by atoms with Gasteiger partial charge in [0.1, 0.15) is 0 Å². The molecule has 0 aliphatic carbocycles. The topological polar surface area (TPSA) is 59.6 Å². The van der Waals surface area contributed by atoms with Crippen LogP contribution in [-0.2, 0) is 0 Å². The Labute approximate surface area is 135 Å². The average Bonchev–Trinajstić information content (AvgIpc) is 3.04. The van der Waals surface area contributed by atoms with Crippen LogP contribution in [0.2, 0.25) is 5.02 Å². The van der Waals surface area contributed by atoms with E-state index in [4.69, 9.17) is 11.6 Å². The number of nitrogens with zero attached hydrogens (tertiary/aromatic N) is 4. The minimum atomic E-state index is -0.595. The molecule has 1 aromatic heterocycles. The first-order valence-corrected chi connectivity index (χ1v) is 7.83. The van der Waals surface area contributed by atoms with Crippen molar-refractivity contribution in [2.75, 3.05) is 0 Å². The second-order valence-corrected chi connectivity index (χ2v) is 6.20. The van der Waals surface area contributed by atoms with E-state index in [0.717, 1.165) is 11.0 Å². The van der Waals surface area contributed by atoms with Crippen LogP contribution in [0.5, 0.6) is 0 Å². The van der Waals surface area contributed by atoms with Gasteiger partial charge >= 0.3 is 0 Å². The molecule has 1 aliphatic rings. The molecule has 0 unspecified atom stereocenters. The van der Waals surface area contributed by atoms with Gasteiger partial charge in [-0.3, -0.25) is 9.36 Å². The minimum absolute atomic E-state index is 0.119. The van der Waals surface area contributed by atoms with Crippen LogP contribution in [-0.4, -0.2) is 20.8 Å². The van der Waals surface area contributed by atoms with Crippen molar-refractivity contribution in [3.8, 4) is 0 Å². The second kappa shape index (κ2) is 5.23. The third-order valence-corrected chi connectivity index (χ3v) is 4.54. The van der Waals surface area contributed by atoms with Gasteiger partial charge in [-0.25, -0.2) is 4.98 Å². The molecule has 0 amide bonds. The summed E-state index contributed by atoms with van der Waals surface area (Å²) in [5.74, 6) is -0.119. The van der Waals surface area contributed by atoms with Gasteiger partial charge in [-0.15, -0.1) is 0 Å². The molecule has 3 aromatic rings. The highest BCUT2D eigenvalue weighted by molar-refractivity contribution is 8.00. The van der Waals surface area contributed by atoms with Gasteiger partial charge in [0.2, 0.25) is 5.37 Å². The van der Waals surface area contributed by atoms with Crippen molar-refractivity contribution >= 4 is 46.0 Å². The first kappa shape index (κ1) is 13.5. The van der Waals surface area contributed by atoms with E-state index < -0.39 is 5.37 Å². The Morgan fingerprint density at radius 1 is 1.14 bits per heavy atom. The number of hydrogen-bond acceptors (Lipinski definition) is 5. The summed E-state index contributed by atoms with van der Waals surface area (Å²) in [7, 11) is 0. The van der Waals surface area contributed by atoms with E-state index in [2.05, 4.69) is 15.2 Å². The van der Waals surface area contributed by atoms with Gasteiger partial charge in [0, 0.05) is 5.02 Å². The van der Waals surface area contributed by atoms with Gasteiger partial charge in [0.25, 0.3) is 5.91 Å². The van der Waals surface area contributed by atoms with Crippen molar-refractivity contribution in [3.05, 3.63) is 53.6 Å². The number of hydrogen-bond donors (Lipinski definition) is 0. The van der Waals surface area contributed by atoms with Crippen molar-refractivity contribution < 1.29 is 4.79 Å². The molecular formula is C15H9ClN4OS. The number of carbonyl (C=O) groups excluding carboxylic acids is 1. The predicted octanol–water partition coefficient (Wildman–Crippen LogP) is 4.55. The maximum absolute atomic E-state index is 12.5. The first-order chi connectivity index (χ1) is 10.7. The van der Waals surface area contributed by atoms with Crippen LogP contribution in [0.3, 0.4) is 0 Å². The molecule has 0 saturated carbocycles. The fourth-order valence-electron chi connectivity index (χ4n) is 2.26. The predicted molar refractivity (Wildman–Crippen MR) is 86.0 cm³/mol. The number of para-hydroxylation sites is 2. The summed E-state index contributed by atoms with van der Waals surface area (Å²) in [6, 6.07) is 14.5. The number of rotatable bonds is 2. The highest BCUT2D eigenvalue weighted by atomic mass is 35.5. The highest BCUT2D eigenvalue weighted by Gasteiger charge is 2.34. The molecule has 0 bridgehead atoms. The SMILES string of the molecule is O=C1[C@H](N=Nc2ccc(Cl)cc2)Sc2nc3ccccc3n21. The van der Waals surface area contributed by atoms with Gasteiger partial charge in [-0.05, 0) is 48.2 Å². The maximum atomic E-state index is 12.5. The van der Waals surface area contributed by atoms with Gasteiger partial charge in [0.15, 0.2) is 5.16 Å².